The number of aromatic nitrogens is 1. The second kappa shape index (κ2) is 9.23. The van der Waals surface area contributed by atoms with Crippen molar-refractivity contribution in [2.24, 2.45) is 17.8 Å². The maximum Gasteiger partial charge on any atom is 0.284 e. The molecule has 0 saturated carbocycles. The molecule has 0 unspecified atom stereocenters. The number of halogens is 1. The van der Waals surface area contributed by atoms with E-state index in [9.17, 15) is 4.79 Å². The molecule has 0 bridgehead atoms. The van der Waals surface area contributed by atoms with Crippen molar-refractivity contribution >= 4 is 35.8 Å². The van der Waals surface area contributed by atoms with Crippen molar-refractivity contribution in [2.75, 3.05) is 6.54 Å². The molecule has 0 atom stereocenters. The molecule has 8 heteroatoms. The zero-order valence-corrected chi connectivity index (χ0v) is 15.5. The number of primary amides is 1. The highest BCUT2D eigenvalue weighted by Gasteiger charge is 2.07. The zero-order valence-electron chi connectivity index (χ0n) is 13.2. The van der Waals surface area contributed by atoms with Crippen LogP contribution in [0.4, 0.5) is 0 Å². The van der Waals surface area contributed by atoms with Gasteiger partial charge in [0.1, 0.15) is 5.76 Å². The van der Waals surface area contributed by atoms with Gasteiger partial charge in [-0.05, 0) is 30.7 Å². The lowest BCUT2D eigenvalue weighted by molar-refractivity contribution is 0.0972. The Labute approximate surface area is 152 Å². The van der Waals surface area contributed by atoms with E-state index in [0.29, 0.717) is 24.8 Å². The lowest BCUT2D eigenvalue weighted by atomic mass is 10.3. The summed E-state index contributed by atoms with van der Waals surface area (Å²) in [5, 5.41) is 6.31. The molecule has 4 N–H and O–H groups in total. The van der Waals surface area contributed by atoms with Crippen LogP contribution < -0.4 is 16.4 Å². The topological polar surface area (TPSA) is 97.6 Å². The van der Waals surface area contributed by atoms with Gasteiger partial charge in [-0.2, -0.15) is 0 Å². The van der Waals surface area contributed by atoms with Gasteiger partial charge in [-0.3, -0.25) is 4.79 Å². The van der Waals surface area contributed by atoms with E-state index in [1.165, 1.54) is 0 Å². The highest BCUT2D eigenvalue weighted by Crippen LogP contribution is 2.06. The molecule has 0 aliphatic heterocycles. The Morgan fingerprint density at radius 1 is 1.35 bits per heavy atom. The quantitative estimate of drug-likeness (QED) is 0.368. The first kappa shape index (κ1) is 19.1. The minimum Gasteiger partial charge on any atom is -0.454 e. The summed E-state index contributed by atoms with van der Waals surface area (Å²) in [7, 11) is 1.98. The summed E-state index contributed by atoms with van der Waals surface area (Å²) < 4.78 is 7.30. The summed E-state index contributed by atoms with van der Waals surface area (Å²) in [4.78, 5) is 15.5. The molecule has 7 nitrogen and oxygen atoms in total. The molecule has 0 aromatic carbocycles. The van der Waals surface area contributed by atoms with Gasteiger partial charge in [0.05, 0.1) is 13.1 Å². The first-order chi connectivity index (χ1) is 10.6. The number of hydrogen-bond donors (Lipinski definition) is 3. The van der Waals surface area contributed by atoms with Crippen molar-refractivity contribution in [3.63, 3.8) is 0 Å². The lowest BCUT2D eigenvalue weighted by Crippen LogP contribution is -2.36. The maximum absolute atomic E-state index is 11.0. The van der Waals surface area contributed by atoms with Gasteiger partial charge in [-0.15, -0.1) is 24.0 Å². The van der Waals surface area contributed by atoms with Gasteiger partial charge in [0.15, 0.2) is 11.7 Å². The third-order valence-electron chi connectivity index (χ3n) is 2.99. The molecule has 126 valence electrons. The second-order valence-corrected chi connectivity index (χ2v) is 4.86. The minimum atomic E-state index is -0.573. The van der Waals surface area contributed by atoms with Gasteiger partial charge in [-0.25, -0.2) is 4.99 Å². The normalized spacial score (nSPS) is 11.0. The van der Waals surface area contributed by atoms with Crippen molar-refractivity contribution in [3.8, 4) is 0 Å². The molecule has 23 heavy (non-hydrogen) atoms. The fourth-order valence-electron chi connectivity index (χ4n) is 1.94. The van der Waals surface area contributed by atoms with Crippen molar-refractivity contribution in [1.29, 1.82) is 0 Å². The van der Waals surface area contributed by atoms with E-state index in [1.807, 2.05) is 37.0 Å². The standard InChI is InChI=1S/C15H21N5O2.HI/c1-3-17-15(18-8-11-6-7-20(2)10-11)19-9-12-4-5-13(22-12)14(16)21;/h4-7,10H,3,8-9H2,1-2H3,(H2,16,21)(H2,17,18,19);1H. The van der Waals surface area contributed by atoms with E-state index in [-0.39, 0.29) is 29.7 Å². The average Bonchev–Trinajstić information content (AvgIpc) is 3.11. The molecule has 0 aliphatic rings. The zero-order chi connectivity index (χ0) is 15.9. The highest BCUT2D eigenvalue weighted by atomic mass is 127. The Morgan fingerprint density at radius 3 is 2.70 bits per heavy atom. The van der Waals surface area contributed by atoms with Crippen LogP contribution >= 0.6 is 24.0 Å². The molecular weight excluding hydrogens is 409 g/mol. The monoisotopic (exact) mass is 431 g/mol. The van der Waals surface area contributed by atoms with Gasteiger partial charge >= 0.3 is 0 Å². The summed E-state index contributed by atoms with van der Waals surface area (Å²) in [5.41, 5.74) is 6.29. The first-order valence-corrected chi connectivity index (χ1v) is 7.10. The van der Waals surface area contributed by atoms with Crippen LogP contribution in [0, 0.1) is 0 Å². The average molecular weight is 431 g/mol. The van der Waals surface area contributed by atoms with E-state index in [1.54, 1.807) is 12.1 Å². The molecular formula is C15H22IN5O2. The molecule has 2 rings (SSSR count). The van der Waals surface area contributed by atoms with Crippen molar-refractivity contribution in [2.45, 2.75) is 20.0 Å². The molecule has 2 aromatic heterocycles. The number of rotatable bonds is 6. The predicted molar refractivity (Wildman–Crippen MR) is 99.7 cm³/mol. The number of hydrogen-bond acceptors (Lipinski definition) is 3. The Morgan fingerprint density at radius 2 is 2.13 bits per heavy atom. The van der Waals surface area contributed by atoms with Crippen molar-refractivity contribution < 1.29 is 9.21 Å². The Kier molecular flexibility index (Phi) is 7.66. The summed E-state index contributed by atoms with van der Waals surface area (Å²) in [6.07, 6.45) is 4.01. The Hall–Kier alpha value is -1.97. The summed E-state index contributed by atoms with van der Waals surface area (Å²) >= 11 is 0. The molecule has 1 amide bonds. The smallest absolute Gasteiger partial charge is 0.284 e. The van der Waals surface area contributed by atoms with E-state index in [4.69, 9.17) is 10.2 Å². The minimum absolute atomic E-state index is 0. The number of aliphatic imine (C=N–C) groups is 1. The Balaban J connectivity index is 0.00000264. The van der Waals surface area contributed by atoms with Crippen LogP contribution in [0.25, 0.3) is 0 Å². The summed E-state index contributed by atoms with van der Waals surface area (Å²) in [6.45, 7) is 3.76. The van der Waals surface area contributed by atoms with Crippen LogP contribution in [-0.2, 0) is 20.1 Å². The van der Waals surface area contributed by atoms with Crippen LogP contribution in [0.1, 0.15) is 28.8 Å². The number of furan rings is 1. The van der Waals surface area contributed by atoms with Crippen LogP contribution in [0.2, 0.25) is 0 Å². The summed E-state index contributed by atoms with van der Waals surface area (Å²) in [5.74, 6) is 0.890. The molecule has 0 radical (unpaired) electrons. The van der Waals surface area contributed by atoms with E-state index < -0.39 is 5.91 Å². The molecule has 2 aromatic rings. The van der Waals surface area contributed by atoms with Gasteiger partial charge in [0.2, 0.25) is 0 Å². The van der Waals surface area contributed by atoms with Crippen LogP contribution in [0.3, 0.4) is 0 Å². The van der Waals surface area contributed by atoms with E-state index >= 15 is 0 Å². The molecule has 0 fully saturated rings. The molecule has 0 aliphatic carbocycles. The van der Waals surface area contributed by atoms with E-state index in [2.05, 4.69) is 15.6 Å². The van der Waals surface area contributed by atoms with Crippen LogP contribution in [-0.4, -0.2) is 23.0 Å². The fourth-order valence-corrected chi connectivity index (χ4v) is 1.94. The summed E-state index contributed by atoms with van der Waals surface area (Å²) in [6, 6.07) is 5.31. The van der Waals surface area contributed by atoms with Crippen molar-refractivity contribution in [3.05, 3.63) is 47.7 Å². The van der Waals surface area contributed by atoms with Gasteiger partial charge < -0.3 is 25.4 Å². The third kappa shape index (κ3) is 5.97. The van der Waals surface area contributed by atoms with Crippen molar-refractivity contribution in [1.82, 2.24) is 15.2 Å². The van der Waals surface area contributed by atoms with Gasteiger partial charge in [0.25, 0.3) is 5.91 Å². The number of nitrogens with two attached hydrogens (primary N) is 1. The number of nitrogens with one attached hydrogen (secondary N) is 2. The van der Waals surface area contributed by atoms with Crippen LogP contribution in [0.15, 0.2) is 40.0 Å². The molecule has 0 saturated heterocycles. The SMILES string of the molecule is CCNC(=NCc1ccn(C)c1)NCc1ccc(C(N)=O)o1.I. The van der Waals surface area contributed by atoms with Gasteiger partial charge in [-0.1, -0.05) is 0 Å². The predicted octanol–water partition coefficient (Wildman–Crippen LogP) is 1.59. The fraction of sp³-hybridized carbons (Fsp3) is 0.333. The number of amides is 1. The van der Waals surface area contributed by atoms with Crippen LogP contribution in [0.5, 0.6) is 0 Å². The highest BCUT2D eigenvalue weighted by molar-refractivity contribution is 14.0. The number of carbonyl (C=O) groups is 1. The Bertz CT molecular complexity index is 662. The molecule has 2 heterocycles. The first-order valence-electron chi connectivity index (χ1n) is 7.10. The second-order valence-electron chi connectivity index (χ2n) is 4.86. The number of carbonyl (C=O) groups excluding carboxylic acids is 1. The number of nitrogens with zero attached hydrogens (tertiary/aromatic N) is 2. The third-order valence-corrected chi connectivity index (χ3v) is 2.99. The maximum atomic E-state index is 11.0. The number of guanidine groups is 1. The number of aryl methyl sites for hydroxylation is 1. The van der Waals surface area contributed by atoms with Gasteiger partial charge in [0, 0.05) is 26.0 Å². The molecule has 0 spiro atoms. The van der Waals surface area contributed by atoms with E-state index in [0.717, 1.165) is 12.1 Å². The largest absolute Gasteiger partial charge is 0.454 e. The lowest BCUT2D eigenvalue weighted by Gasteiger charge is -2.09.